The van der Waals surface area contributed by atoms with Gasteiger partial charge in [0.25, 0.3) is 5.91 Å². The molecule has 1 atom stereocenters. The number of nitrogens with zero attached hydrogens (tertiary/aromatic N) is 1. The molecule has 1 N–H and O–H groups in total. The van der Waals surface area contributed by atoms with E-state index in [0.717, 1.165) is 0 Å². The predicted molar refractivity (Wildman–Crippen MR) is 70.9 cm³/mol. The van der Waals surface area contributed by atoms with Crippen LogP contribution in [-0.4, -0.2) is 11.9 Å². The quantitative estimate of drug-likeness (QED) is 0.929. The molecule has 0 aromatic heterocycles. The molecule has 1 rings (SSSR count). The van der Waals surface area contributed by atoms with E-state index in [1.165, 1.54) is 0 Å². The van der Waals surface area contributed by atoms with Crippen molar-refractivity contribution in [1.82, 2.24) is 5.32 Å². The molecule has 90 valence electrons. The van der Waals surface area contributed by atoms with E-state index >= 15 is 0 Å². The lowest BCUT2D eigenvalue weighted by Gasteiger charge is -2.15. The fraction of sp³-hybridized carbons (Fsp3) is 0.333. The molecule has 0 fully saturated rings. The minimum atomic E-state index is -0.489. The van der Waals surface area contributed by atoms with Crippen LogP contribution in [0.3, 0.4) is 0 Å². The molecule has 1 unspecified atom stereocenters. The van der Waals surface area contributed by atoms with E-state index < -0.39 is 6.04 Å². The lowest BCUT2D eigenvalue weighted by Crippen LogP contribution is -2.37. The molecule has 17 heavy (non-hydrogen) atoms. The maximum atomic E-state index is 11.9. The van der Waals surface area contributed by atoms with Crippen LogP contribution in [-0.2, 0) is 0 Å². The first kappa shape index (κ1) is 14.0. The van der Waals surface area contributed by atoms with E-state index in [-0.39, 0.29) is 11.8 Å². The highest BCUT2D eigenvalue weighted by atomic mass is 79.9. The van der Waals surface area contributed by atoms with Gasteiger partial charge in [0, 0.05) is 10.0 Å². The number of rotatable bonds is 3. The second-order valence-corrected chi connectivity index (χ2v) is 5.21. The molecule has 0 aliphatic carbocycles. The molecular weight excluding hydrogens is 304 g/mol. The van der Waals surface area contributed by atoms with Gasteiger partial charge in [0.05, 0.1) is 11.1 Å². The van der Waals surface area contributed by atoms with Crippen LogP contribution >= 0.6 is 27.5 Å². The normalized spacial score (nSPS) is 12.0. The number of carbonyl (C=O) groups is 1. The number of carbonyl (C=O) groups excluding carboxylic acids is 1. The standard InChI is InChI=1S/C12H12BrClN2O/c1-7(2)11(6-15)16-12(17)8-3-4-10(14)9(13)5-8/h3-5,7,11H,1-2H3,(H,16,17). The third kappa shape index (κ3) is 3.72. The molecule has 0 radical (unpaired) electrons. The van der Waals surface area contributed by atoms with Crippen LogP contribution in [0.1, 0.15) is 24.2 Å². The molecule has 5 heteroatoms. The van der Waals surface area contributed by atoms with Crippen molar-refractivity contribution in [3.8, 4) is 6.07 Å². The predicted octanol–water partition coefficient (Wildman–Crippen LogP) is 3.38. The van der Waals surface area contributed by atoms with Crippen LogP contribution in [0, 0.1) is 17.2 Å². The fourth-order valence-electron chi connectivity index (χ4n) is 1.21. The summed E-state index contributed by atoms with van der Waals surface area (Å²) >= 11 is 9.09. The summed E-state index contributed by atoms with van der Waals surface area (Å²) in [5.74, 6) is -0.206. The summed E-state index contributed by atoms with van der Waals surface area (Å²) in [6, 6.07) is 6.46. The summed E-state index contributed by atoms with van der Waals surface area (Å²) in [6.07, 6.45) is 0. The number of nitriles is 1. The Balaban J connectivity index is 2.83. The lowest BCUT2D eigenvalue weighted by molar-refractivity contribution is 0.0937. The average Bonchev–Trinajstić information content (AvgIpc) is 2.28. The lowest BCUT2D eigenvalue weighted by atomic mass is 10.1. The number of hydrogen-bond donors (Lipinski definition) is 1. The Bertz CT molecular complexity index is 468. The third-order valence-electron chi connectivity index (χ3n) is 2.27. The summed E-state index contributed by atoms with van der Waals surface area (Å²) in [7, 11) is 0. The first-order valence-corrected chi connectivity index (χ1v) is 6.28. The molecule has 1 aromatic carbocycles. The van der Waals surface area contributed by atoms with Gasteiger partial charge >= 0.3 is 0 Å². The smallest absolute Gasteiger partial charge is 0.252 e. The van der Waals surface area contributed by atoms with Crippen LogP contribution in [0.5, 0.6) is 0 Å². The van der Waals surface area contributed by atoms with Gasteiger partial charge in [-0.15, -0.1) is 0 Å². The maximum absolute atomic E-state index is 11.9. The van der Waals surface area contributed by atoms with Gasteiger partial charge in [-0.3, -0.25) is 4.79 Å². The van der Waals surface area contributed by atoms with Gasteiger partial charge in [-0.1, -0.05) is 25.4 Å². The largest absolute Gasteiger partial charge is 0.336 e. The SMILES string of the molecule is CC(C)C(C#N)NC(=O)c1ccc(Cl)c(Br)c1. The summed E-state index contributed by atoms with van der Waals surface area (Å²) in [4.78, 5) is 11.9. The summed E-state index contributed by atoms with van der Waals surface area (Å²) in [6.45, 7) is 3.76. The van der Waals surface area contributed by atoms with Crippen LogP contribution in [0.4, 0.5) is 0 Å². The van der Waals surface area contributed by atoms with Gasteiger partial charge in [0.1, 0.15) is 6.04 Å². The van der Waals surface area contributed by atoms with Crippen molar-refractivity contribution in [3.63, 3.8) is 0 Å². The van der Waals surface area contributed by atoms with Gasteiger partial charge in [-0.25, -0.2) is 0 Å². The zero-order valence-electron chi connectivity index (χ0n) is 9.50. The first-order valence-electron chi connectivity index (χ1n) is 5.11. The Morgan fingerprint density at radius 1 is 1.53 bits per heavy atom. The van der Waals surface area contributed by atoms with Gasteiger partial charge in [0.2, 0.25) is 0 Å². The molecule has 0 spiro atoms. The second kappa shape index (κ2) is 6.04. The van der Waals surface area contributed by atoms with E-state index in [2.05, 4.69) is 27.3 Å². The van der Waals surface area contributed by atoms with Crippen molar-refractivity contribution < 1.29 is 4.79 Å². The molecule has 1 amide bonds. The van der Waals surface area contributed by atoms with Crippen LogP contribution in [0.25, 0.3) is 0 Å². The molecule has 0 bridgehead atoms. The van der Waals surface area contributed by atoms with E-state index in [0.29, 0.717) is 15.1 Å². The minimum Gasteiger partial charge on any atom is -0.336 e. The van der Waals surface area contributed by atoms with Gasteiger partial charge in [0.15, 0.2) is 0 Å². The molecule has 1 aromatic rings. The number of hydrogen-bond acceptors (Lipinski definition) is 2. The van der Waals surface area contributed by atoms with Crippen molar-refractivity contribution in [2.75, 3.05) is 0 Å². The fourth-order valence-corrected chi connectivity index (χ4v) is 1.71. The number of benzene rings is 1. The zero-order valence-corrected chi connectivity index (χ0v) is 11.8. The summed E-state index contributed by atoms with van der Waals surface area (Å²) in [5, 5.41) is 12.1. The molecule has 0 saturated carbocycles. The molecular formula is C12H12BrClN2O. The van der Waals surface area contributed by atoms with Crippen LogP contribution < -0.4 is 5.32 Å². The Hall–Kier alpha value is -1.05. The van der Waals surface area contributed by atoms with Gasteiger partial charge < -0.3 is 5.32 Å². The zero-order chi connectivity index (χ0) is 13.0. The molecule has 0 aliphatic heterocycles. The number of nitrogens with one attached hydrogen (secondary N) is 1. The Morgan fingerprint density at radius 3 is 2.65 bits per heavy atom. The number of amides is 1. The van der Waals surface area contributed by atoms with E-state index in [1.54, 1.807) is 18.2 Å². The topological polar surface area (TPSA) is 52.9 Å². The molecule has 3 nitrogen and oxygen atoms in total. The highest BCUT2D eigenvalue weighted by Crippen LogP contribution is 2.23. The van der Waals surface area contributed by atoms with E-state index in [4.69, 9.17) is 16.9 Å². The molecule has 0 heterocycles. The molecule has 0 saturated heterocycles. The minimum absolute atomic E-state index is 0.0692. The second-order valence-electron chi connectivity index (χ2n) is 3.95. The maximum Gasteiger partial charge on any atom is 0.252 e. The number of halogens is 2. The van der Waals surface area contributed by atoms with E-state index in [9.17, 15) is 4.79 Å². The highest BCUT2D eigenvalue weighted by molar-refractivity contribution is 9.10. The van der Waals surface area contributed by atoms with Crippen molar-refractivity contribution in [3.05, 3.63) is 33.3 Å². The van der Waals surface area contributed by atoms with Crippen molar-refractivity contribution in [1.29, 1.82) is 5.26 Å². The Morgan fingerprint density at radius 2 is 2.18 bits per heavy atom. The molecule has 0 aliphatic rings. The van der Waals surface area contributed by atoms with Crippen LogP contribution in [0.15, 0.2) is 22.7 Å². The summed E-state index contributed by atoms with van der Waals surface area (Å²) < 4.78 is 0.657. The monoisotopic (exact) mass is 314 g/mol. The van der Waals surface area contributed by atoms with Crippen molar-refractivity contribution in [2.24, 2.45) is 5.92 Å². The third-order valence-corrected chi connectivity index (χ3v) is 3.49. The highest BCUT2D eigenvalue weighted by Gasteiger charge is 2.16. The summed E-state index contributed by atoms with van der Waals surface area (Å²) in [5.41, 5.74) is 0.474. The van der Waals surface area contributed by atoms with E-state index in [1.807, 2.05) is 13.8 Å². The van der Waals surface area contributed by atoms with Crippen molar-refractivity contribution in [2.45, 2.75) is 19.9 Å². The van der Waals surface area contributed by atoms with Gasteiger partial charge in [-0.2, -0.15) is 5.26 Å². The first-order chi connectivity index (χ1) is 7.95. The average molecular weight is 316 g/mol. The van der Waals surface area contributed by atoms with Crippen molar-refractivity contribution >= 4 is 33.4 Å². The van der Waals surface area contributed by atoms with Gasteiger partial charge in [-0.05, 0) is 40.0 Å². The Kier molecular flexibility index (Phi) is 4.98. The Labute approximate surface area is 114 Å². The van der Waals surface area contributed by atoms with Crippen LogP contribution in [0.2, 0.25) is 5.02 Å².